The Labute approximate surface area is 134 Å². The number of anilines is 1. The van der Waals surface area contributed by atoms with Crippen molar-refractivity contribution in [3.05, 3.63) is 24.3 Å². The molecule has 2 aromatic rings. The minimum atomic E-state index is -0.465. The number of thioether (sulfide) groups is 1. The highest BCUT2D eigenvalue weighted by Gasteiger charge is 2.22. The summed E-state index contributed by atoms with van der Waals surface area (Å²) in [4.78, 5) is 16.3. The molecule has 6 heteroatoms. The number of nitrogens with zero attached hydrogens (tertiary/aromatic N) is 1. The average Bonchev–Trinajstić information content (AvgIpc) is 2.86. The number of carbonyl (C=O) groups is 1. The lowest BCUT2D eigenvalue weighted by molar-refractivity contribution is -0.141. The predicted molar refractivity (Wildman–Crippen MR) is 90.3 cm³/mol. The molecule has 0 aliphatic carbocycles. The van der Waals surface area contributed by atoms with E-state index < -0.39 is 6.04 Å². The summed E-state index contributed by atoms with van der Waals surface area (Å²) >= 11 is 1.81. The number of hydrogen-bond acceptors (Lipinski definition) is 6. The molecule has 0 unspecified atom stereocenters. The summed E-state index contributed by atoms with van der Waals surface area (Å²) in [5.74, 6) is 0.535. The van der Waals surface area contributed by atoms with E-state index in [4.69, 9.17) is 9.15 Å². The minimum Gasteiger partial charge on any atom is -0.467 e. The van der Waals surface area contributed by atoms with E-state index in [1.807, 2.05) is 24.3 Å². The minimum absolute atomic E-state index is 0.165. The van der Waals surface area contributed by atoms with Gasteiger partial charge in [0.05, 0.1) is 7.11 Å². The number of oxazole rings is 1. The number of aromatic nitrogens is 1. The van der Waals surface area contributed by atoms with Gasteiger partial charge >= 0.3 is 5.97 Å². The normalized spacial score (nSPS) is 13.1. The number of nitrogens with one attached hydrogen (secondary N) is 1. The number of benzene rings is 1. The van der Waals surface area contributed by atoms with Gasteiger partial charge in [0.15, 0.2) is 5.58 Å². The summed E-state index contributed by atoms with van der Waals surface area (Å²) in [7, 11) is 1.39. The van der Waals surface area contributed by atoms with Gasteiger partial charge in [-0.05, 0) is 24.3 Å². The van der Waals surface area contributed by atoms with Crippen LogP contribution in [-0.2, 0) is 9.53 Å². The molecular weight excluding hydrogens is 300 g/mol. The highest BCUT2D eigenvalue weighted by Crippen LogP contribution is 2.25. The van der Waals surface area contributed by atoms with Gasteiger partial charge in [-0.25, -0.2) is 4.79 Å². The maximum atomic E-state index is 11.9. The molecule has 0 radical (unpaired) electrons. The van der Waals surface area contributed by atoms with Crippen LogP contribution in [0.3, 0.4) is 0 Å². The Morgan fingerprint density at radius 1 is 1.41 bits per heavy atom. The third-order valence-electron chi connectivity index (χ3n) is 3.02. The van der Waals surface area contributed by atoms with Crippen LogP contribution < -0.4 is 5.32 Å². The number of methoxy groups -OCH3 is 1. The summed E-state index contributed by atoms with van der Waals surface area (Å²) in [6.07, 6.45) is 0.646. The third-order valence-corrected chi connectivity index (χ3v) is 4.32. The molecule has 0 saturated heterocycles. The van der Waals surface area contributed by atoms with E-state index in [0.717, 1.165) is 11.3 Å². The Morgan fingerprint density at radius 2 is 2.14 bits per heavy atom. The van der Waals surface area contributed by atoms with Gasteiger partial charge in [0.1, 0.15) is 11.6 Å². The first-order valence-electron chi connectivity index (χ1n) is 7.23. The van der Waals surface area contributed by atoms with Crippen LogP contribution in [0.25, 0.3) is 11.1 Å². The van der Waals surface area contributed by atoms with Gasteiger partial charge in [-0.15, -0.1) is 0 Å². The molecule has 1 atom stereocenters. The first-order valence-corrected chi connectivity index (χ1v) is 8.21. The predicted octanol–water partition coefficient (Wildman–Crippen LogP) is 3.70. The molecule has 2 rings (SSSR count). The van der Waals surface area contributed by atoms with Gasteiger partial charge in [-0.3, -0.25) is 0 Å². The van der Waals surface area contributed by atoms with Crippen LogP contribution >= 0.6 is 11.8 Å². The van der Waals surface area contributed by atoms with Crippen molar-refractivity contribution < 1.29 is 13.9 Å². The number of para-hydroxylation sites is 2. The molecule has 1 aromatic heterocycles. The molecular formula is C16H22N2O3S. The van der Waals surface area contributed by atoms with E-state index in [1.54, 1.807) is 11.8 Å². The van der Waals surface area contributed by atoms with Crippen molar-refractivity contribution >= 4 is 34.8 Å². The summed E-state index contributed by atoms with van der Waals surface area (Å²) in [5.41, 5.74) is 1.45. The van der Waals surface area contributed by atoms with Crippen molar-refractivity contribution in [1.82, 2.24) is 4.98 Å². The average molecular weight is 322 g/mol. The van der Waals surface area contributed by atoms with Gasteiger partial charge in [-0.2, -0.15) is 16.7 Å². The number of esters is 1. The lowest BCUT2D eigenvalue weighted by Crippen LogP contribution is -2.31. The fourth-order valence-corrected chi connectivity index (χ4v) is 2.92. The van der Waals surface area contributed by atoms with Crippen molar-refractivity contribution in [2.24, 2.45) is 0 Å². The molecule has 1 N–H and O–H groups in total. The fourth-order valence-electron chi connectivity index (χ4n) is 1.96. The summed E-state index contributed by atoms with van der Waals surface area (Å²) in [6, 6.07) is 7.37. The highest BCUT2D eigenvalue weighted by molar-refractivity contribution is 8.00. The molecule has 120 valence electrons. The molecule has 0 fully saturated rings. The molecule has 0 spiro atoms. The van der Waals surface area contributed by atoms with Gasteiger partial charge in [0.2, 0.25) is 0 Å². The van der Waals surface area contributed by atoms with E-state index in [1.165, 1.54) is 7.11 Å². The molecule has 0 saturated carbocycles. The molecule has 0 bridgehead atoms. The monoisotopic (exact) mass is 322 g/mol. The Morgan fingerprint density at radius 3 is 2.77 bits per heavy atom. The number of rotatable bonds is 6. The van der Waals surface area contributed by atoms with E-state index in [-0.39, 0.29) is 10.7 Å². The van der Waals surface area contributed by atoms with Crippen LogP contribution in [-0.4, -0.2) is 34.6 Å². The first-order chi connectivity index (χ1) is 10.4. The number of ether oxygens (including phenoxy) is 1. The van der Waals surface area contributed by atoms with Crippen molar-refractivity contribution in [1.29, 1.82) is 0 Å². The van der Waals surface area contributed by atoms with Crippen LogP contribution in [0.15, 0.2) is 28.7 Å². The molecule has 0 aliphatic heterocycles. The largest absolute Gasteiger partial charge is 0.467 e. The zero-order chi connectivity index (χ0) is 16.2. The summed E-state index contributed by atoms with van der Waals surface area (Å²) < 4.78 is 10.6. The molecule has 1 aromatic carbocycles. The van der Waals surface area contributed by atoms with Crippen LogP contribution in [0.1, 0.15) is 27.2 Å². The summed E-state index contributed by atoms with van der Waals surface area (Å²) in [6.45, 7) is 6.46. The van der Waals surface area contributed by atoms with E-state index in [0.29, 0.717) is 18.0 Å². The molecule has 1 heterocycles. The van der Waals surface area contributed by atoms with Crippen LogP contribution in [0.5, 0.6) is 0 Å². The number of carbonyl (C=O) groups excluding carboxylic acids is 1. The smallest absolute Gasteiger partial charge is 0.328 e. The zero-order valence-corrected chi connectivity index (χ0v) is 14.2. The maximum absolute atomic E-state index is 11.9. The van der Waals surface area contributed by atoms with Crippen molar-refractivity contribution in [2.75, 3.05) is 18.2 Å². The van der Waals surface area contributed by atoms with Gasteiger partial charge in [-0.1, -0.05) is 32.9 Å². The van der Waals surface area contributed by atoms with Crippen LogP contribution in [0.4, 0.5) is 6.01 Å². The fraction of sp³-hybridized carbons (Fsp3) is 0.500. The van der Waals surface area contributed by atoms with Crippen molar-refractivity contribution in [3.8, 4) is 0 Å². The molecule has 0 aliphatic rings. The third kappa shape index (κ3) is 4.66. The quantitative estimate of drug-likeness (QED) is 0.818. The lowest BCUT2D eigenvalue weighted by Gasteiger charge is -2.20. The zero-order valence-electron chi connectivity index (χ0n) is 13.4. The number of fused-ring (bicyclic) bond motifs is 1. The second-order valence-electron chi connectivity index (χ2n) is 5.96. The number of hydrogen-bond donors (Lipinski definition) is 1. The second-order valence-corrected chi connectivity index (χ2v) is 7.88. The highest BCUT2D eigenvalue weighted by atomic mass is 32.2. The lowest BCUT2D eigenvalue weighted by atomic mass is 10.2. The topological polar surface area (TPSA) is 64.4 Å². The van der Waals surface area contributed by atoms with Gasteiger partial charge < -0.3 is 14.5 Å². The SMILES string of the molecule is COC(=O)[C@H](CCSC(C)(C)C)Nc1nc2ccccc2o1. The van der Waals surface area contributed by atoms with E-state index >= 15 is 0 Å². The molecule has 22 heavy (non-hydrogen) atoms. The van der Waals surface area contributed by atoms with E-state index in [9.17, 15) is 4.79 Å². The molecule has 0 amide bonds. The van der Waals surface area contributed by atoms with Gasteiger partial charge in [0.25, 0.3) is 6.01 Å². The Bertz CT molecular complexity index is 601. The van der Waals surface area contributed by atoms with Crippen LogP contribution in [0, 0.1) is 0 Å². The van der Waals surface area contributed by atoms with Gasteiger partial charge in [0, 0.05) is 4.75 Å². The maximum Gasteiger partial charge on any atom is 0.328 e. The Hall–Kier alpha value is -1.69. The second kappa shape index (κ2) is 7.05. The molecule has 5 nitrogen and oxygen atoms in total. The van der Waals surface area contributed by atoms with Crippen molar-refractivity contribution in [3.63, 3.8) is 0 Å². The van der Waals surface area contributed by atoms with Crippen molar-refractivity contribution in [2.45, 2.75) is 38.0 Å². The Balaban J connectivity index is 2.04. The van der Waals surface area contributed by atoms with Crippen LogP contribution in [0.2, 0.25) is 0 Å². The standard InChI is InChI=1S/C16H22N2O3S/c1-16(2,3)22-10-9-12(14(19)20-4)18-15-17-11-7-5-6-8-13(11)21-15/h5-8,12H,9-10H2,1-4H3,(H,17,18)/t12-/m0/s1. The Kier molecular flexibility index (Phi) is 5.34. The van der Waals surface area contributed by atoms with E-state index in [2.05, 4.69) is 31.1 Å². The summed E-state index contributed by atoms with van der Waals surface area (Å²) in [5, 5.41) is 3.04. The first kappa shape index (κ1) is 16.7.